The quantitative estimate of drug-likeness (QED) is 0.886. The third kappa shape index (κ3) is 2.91. The van der Waals surface area contributed by atoms with Crippen molar-refractivity contribution in [1.29, 1.82) is 0 Å². The van der Waals surface area contributed by atoms with Gasteiger partial charge in [-0.15, -0.1) is 0 Å². The molecule has 2 unspecified atom stereocenters. The molecule has 0 aliphatic carbocycles. The van der Waals surface area contributed by atoms with E-state index in [1.165, 1.54) is 16.7 Å². The largest absolute Gasteiger partial charge is 0.380 e. The van der Waals surface area contributed by atoms with E-state index in [-0.39, 0.29) is 0 Å². The van der Waals surface area contributed by atoms with Crippen LogP contribution in [-0.2, 0) is 4.74 Å². The number of aryl methyl sites for hydroxylation is 2. The molecule has 2 rings (SSSR count). The zero-order valence-corrected chi connectivity index (χ0v) is 11.6. The Morgan fingerprint density at radius 2 is 2.00 bits per heavy atom. The van der Waals surface area contributed by atoms with Crippen LogP contribution in [0.1, 0.15) is 29.2 Å². The Balaban J connectivity index is 2.18. The Morgan fingerprint density at radius 3 is 2.50 bits per heavy atom. The van der Waals surface area contributed by atoms with Crippen LogP contribution in [0.3, 0.4) is 0 Å². The lowest BCUT2D eigenvalue weighted by Gasteiger charge is -2.27. The van der Waals surface area contributed by atoms with E-state index in [1.54, 1.807) is 7.11 Å². The van der Waals surface area contributed by atoms with Gasteiger partial charge in [0.1, 0.15) is 0 Å². The van der Waals surface area contributed by atoms with Crippen LogP contribution in [0.2, 0.25) is 0 Å². The summed E-state index contributed by atoms with van der Waals surface area (Å²) < 4.78 is 5.44. The number of methoxy groups -OCH3 is 1. The summed E-state index contributed by atoms with van der Waals surface area (Å²) >= 11 is 0. The normalized spacial score (nSPS) is 22.3. The van der Waals surface area contributed by atoms with Crippen LogP contribution in [0.15, 0.2) is 18.2 Å². The van der Waals surface area contributed by atoms with E-state index in [4.69, 9.17) is 10.5 Å². The number of likely N-dealkylation sites (tertiary alicyclic amines) is 1. The zero-order chi connectivity index (χ0) is 13.1. The summed E-state index contributed by atoms with van der Waals surface area (Å²) in [7, 11) is 1.79. The highest BCUT2D eigenvalue weighted by molar-refractivity contribution is 5.31. The van der Waals surface area contributed by atoms with E-state index in [9.17, 15) is 0 Å². The second-order valence-corrected chi connectivity index (χ2v) is 5.31. The molecule has 0 aromatic heterocycles. The van der Waals surface area contributed by atoms with Crippen molar-refractivity contribution in [3.05, 3.63) is 34.9 Å². The average molecular weight is 248 g/mol. The molecule has 0 spiro atoms. The SMILES string of the molecule is COC1CCN(C(CN)c2cc(C)cc(C)c2)C1. The highest BCUT2D eigenvalue weighted by atomic mass is 16.5. The number of hydrogen-bond donors (Lipinski definition) is 1. The molecule has 1 saturated heterocycles. The molecular formula is C15H24N2O. The summed E-state index contributed by atoms with van der Waals surface area (Å²) in [6, 6.07) is 7.04. The lowest BCUT2D eigenvalue weighted by Crippen LogP contribution is -2.33. The van der Waals surface area contributed by atoms with E-state index in [0.29, 0.717) is 18.7 Å². The van der Waals surface area contributed by atoms with Gasteiger partial charge in [-0.1, -0.05) is 29.3 Å². The third-order valence-electron chi connectivity index (χ3n) is 3.80. The number of benzene rings is 1. The molecule has 2 N–H and O–H groups in total. The molecule has 0 amide bonds. The maximum atomic E-state index is 5.99. The molecule has 0 bridgehead atoms. The molecule has 2 atom stereocenters. The molecule has 100 valence electrons. The summed E-state index contributed by atoms with van der Waals surface area (Å²) in [4.78, 5) is 2.45. The molecule has 1 aromatic rings. The minimum Gasteiger partial charge on any atom is -0.380 e. The van der Waals surface area contributed by atoms with E-state index in [2.05, 4.69) is 36.9 Å². The van der Waals surface area contributed by atoms with Crippen LogP contribution in [0, 0.1) is 13.8 Å². The van der Waals surface area contributed by atoms with Crippen LogP contribution < -0.4 is 5.73 Å². The summed E-state index contributed by atoms with van der Waals surface area (Å²) in [5.41, 5.74) is 9.95. The molecular weight excluding hydrogens is 224 g/mol. The van der Waals surface area contributed by atoms with Gasteiger partial charge in [-0.2, -0.15) is 0 Å². The van der Waals surface area contributed by atoms with Crippen LogP contribution in [-0.4, -0.2) is 37.7 Å². The first-order chi connectivity index (χ1) is 8.63. The second-order valence-electron chi connectivity index (χ2n) is 5.31. The summed E-state index contributed by atoms with van der Waals surface area (Å²) in [5, 5.41) is 0. The fraction of sp³-hybridized carbons (Fsp3) is 0.600. The standard InChI is InChI=1S/C15H24N2O/c1-11-6-12(2)8-13(7-11)15(9-16)17-5-4-14(10-17)18-3/h6-8,14-15H,4-5,9-10,16H2,1-3H3. The molecule has 1 aliphatic rings. The van der Waals surface area contributed by atoms with Crippen molar-refractivity contribution in [2.45, 2.75) is 32.4 Å². The maximum Gasteiger partial charge on any atom is 0.0710 e. The molecule has 1 heterocycles. The predicted octanol–water partition coefficient (Wildman–Crippen LogP) is 2.02. The molecule has 0 radical (unpaired) electrons. The Hall–Kier alpha value is -0.900. The molecule has 3 nitrogen and oxygen atoms in total. The lowest BCUT2D eigenvalue weighted by molar-refractivity contribution is 0.101. The maximum absolute atomic E-state index is 5.99. The van der Waals surface area contributed by atoms with Crippen molar-refractivity contribution in [3.8, 4) is 0 Å². The predicted molar refractivity (Wildman–Crippen MR) is 74.7 cm³/mol. The fourth-order valence-electron chi connectivity index (χ4n) is 2.93. The van der Waals surface area contributed by atoms with Gasteiger partial charge in [-0.05, 0) is 25.8 Å². The van der Waals surface area contributed by atoms with Gasteiger partial charge >= 0.3 is 0 Å². The Kier molecular flexibility index (Phi) is 4.38. The molecule has 1 aromatic carbocycles. The Labute approximate surface area is 110 Å². The van der Waals surface area contributed by atoms with Gasteiger partial charge in [0.25, 0.3) is 0 Å². The van der Waals surface area contributed by atoms with Crippen LogP contribution in [0.5, 0.6) is 0 Å². The zero-order valence-electron chi connectivity index (χ0n) is 11.6. The molecule has 3 heteroatoms. The van der Waals surface area contributed by atoms with E-state index in [0.717, 1.165) is 19.5 Å². The van der Waals surface area contributed by atoms with Crippen LogP contribution in [0.25, 0.3) is 0 Å². The average Bonchev–Trinajstić information content (AvgIpc) is 2.77. The van der Waals surface area contributed by atoms with E-state index >= 15 is 0 Å². The van der Waals surface area contributed by atoms with Crippen molar-refractivity contribution in [2.24, 2.45) is 5.73 Å². The van der Waals surface area contributed by atoms with Crippen molar-refractivity contribution < 1.29 is 4.74 Å². The summed E-state index contributed by atoms with van der Waals surface area (Å²) in [6.45, 7) is 7.02. The summed E-state index contributed by atoms with van der Waals surface area (Å²) in [5.74, 6) is 0. The number of rotatable bonds is 4. The molecule has 1 aliphatic heterocycles. The highest BCUT2D eigenvalue weighted by Crippen LogP contribution is 2.26. The highest BCUT2D eigenvalue weighted by Gasteiger charge is 2.28. The first-order valence-corrected chi connectivity index (χ1v) is 6.69. The third-order valence-corrected chi connectivity index (χ3v) is 3.80. The summed E-state index contributed by atoms with van der Waals surface area (Å²) in [6.07, 6.45) is 1.47. The molecule has 1 fully saturated rings. The topological polar surface area (TPSA) is 38.5 Å². The van der Waals surface area contributed by atoms with Crippen LogP contribution in [0.4, 0.5) is 0 Å². The fourth-order valence-corrected chi connectivity index (χ4v) is 2.93. The van der Waals surface area contributed by atoms with Gasteiger partial charge in [-0.25, -0.2) is 0 Å². The number of nitrogens with zero attached hydrogens (tertiary/aromatic N) is 1. The van der Waals surface area contributed by atoms with Crippen LogP contribution >= 0.6 is 0 Å². The molecule has 18 heavy (non-hydrogen) atoms. The van der Waals surface area contributed by atoms with Gasteiger partial charge in [-0.3, -0.25) is 4.90 Å². The second kappa shape index (κ2) is 5.83. The van der Waals surface area contributed by atoms with Crippen molar-refractivity contribution in [1.82, 2.24) is 4.90 Å². The number of ether oxygens (including phenoxy) is 1. The van der Waals surface area contributed by atoms with Gasteiger partial charge in [0.15, 0.2) is 0 Å². The van der Waals surface area contributed by atoms with E-state index < -0.39 is 0 Å². The Morgan fingerprint density at radius 1 is 1.33 bits per heavy atom. The van der Waals surface area contributed by atoms with Gasteiger partial charge in [0.05, 0.1) is 6.10 Å². The first-order valence-electron chi connectivity index (χ1n) is 6.69. The number of hydrogen-bond acceptors (Lipinski definition) is 3. The van der Waals surface area contributed by atoms with Crippen molar-refractivity contribution >= 4 is 0 Å². The Bertz CT molecular complexity index is 385. The first kappa shape index (κ1) is 13.5. The number of nitrogens with two attached hydrogens (primary N) is 1. The van der Waals surface area contributed by atoms with Gasteiger partial charge in [0, 0.05) is 32.8 Å². The monoisotopic (exact) mass is 248 g/mol. The molecule has 0 saturated carbocycles. The van der Waals surface area contributed by atoms with Crippen molar-refractivity contribution in [2.75, 3.05) is 26.7 Å². The lowest BCUT2D eigenvalue weighted by atomic mass is 10.0. The van der Waals surface area contributed by atoms with Gasteiger partial charge in [0.2, 0.25) is 0 Å². The van der Waals surface area contributed by atoms with Gasteiger partial charge < -0.3 is 10.5 Å². The van der Waals surface area contributed by atoms with Crippen molar-refractivity contribution in [3.63, 3.8) is 0 Å². The smallest absolute Gasteiger partial charge is 0.0710 e. The minimum atomic E-state index is 0.323. The van der Waals surface area contributed by atoms with E-state index in [1.807, 2.05) is 0 Å². The minimum absolute atomic E-state index is 0.323.